The van der Waals surface area contributed by atoms with Gasteiger partial charge >= 0.3 is 0 Å². The lowest BCUT2D eigenvalue weighted by Crippen LogP contribution is -2.30. The van der Waals surface area contributed by atoms with Gasteiger partial charge in [0.25, 0.3) is 5.91 Å². The van der Waals surface area contributed by atoms with Crippen molar-refractivity contribution in [2.24, 2.45) is 0 Å². The van der Waals surface area contributed by atoms with E-state index in [9.17, 15) is 14.4 Å². The Bertz CT molecular complexity index is 325. The average molecular weight is 268 g/mol. The van der Waals surface area contributed by atoms with Gasteiger partial charge in [-0.25, -0.2) is 0 Å². The summed E-state index contributed by atoms with van der Waals surface area (Å²) >= 11 is 0. The Labute approximate surface area is 115 Å². The fourth-order valence-electron chi connectivity index (χ4n) is 1.59. The van der Waals surface area contributed by atoms with Crippen molar-refractivity contribution in [2.75, 3.05) is 6.54 Å². The van der Waals surface area contributed by atoms with Gasteiger partial charge in [-0.2, -0.15) is 0 Å². The number of hydrogen-bond donors (Lipinski definition) is 1. The van der Waals surface area contributed by atoms with E-state index < -0.39 is 0 Å². The molecule has 5 nitrogen and oxygen atoms in total. The number of hydrogen-bond acceptors (Lipinski definition) is 3. The van der Waals surface area contributed by atoms with Gasteiger partial charge in [-0.1, -0.05) is 12.5 Å². The summed E-state index contributed by atoms with van der Waals surface area (Å²) in [5, 5.41) is 2.82. The van der Waals surface area contributed by atoms with Crippen molar-refractivity contribution in [2.45, 2.75) is 52.5 Å². The Balaban J connectivity index is 3.75. The standard InChI is InChI=1S/C14H24N2O3/c1-4-8-14(19)16(11-17)10-7-5-6-9-13(18)15-12(2)3/h4,8,11-12H,5-7,9-10H2,1-3H3,(H,15,18)/b8-4-. The van der Waals surface area contributed by atoms with E-state index in [4.69, 9.17) is 0 Å². The SMILES string of the molecule is C/C=C\C(=O)N(C=O)CCCCCC(=O)NC(C)C. The molecule has 0 bridgehead atoms. The molecular weight excluding hydrogens is 244 g/mol. The van der Waals surface area contributed by atoms with Gasteiger partial charge in [0.1, 0.15) is 0 Å². The van der Waals surface area contributed by atoms with Gasteiger partial charge in [-0.15, -0.1) is 0 Å². The van der Waals surface area contributed by atoms with Crippen LogP contribution in [0.3, 0.4) is 0 Å². The molecule has 0 aliphatic carbocycles. The first-order valence-corrected chi connectivity index (χ1v) is 6.69. The van der Waals surface area contributed by atoms with E-state index in [0.29, 0.717) is 19.4 Å². The Morgan fingerprint density at radius 3 is 2.42 bits per heavy atom. The minimum atomic E-state index is -0.296. The van der Waals surface area contributed by atoms with E-state index in [0.717, 1.165) is 24.2 Å². The topological polar surface area (TPSA) is 66.5 Å². The van der Waals surface area contributed by atoms with Gasteiger partial charge in [0.05, 0.1) is 0 Å². The summed E-state index contributed by atoms with van der Waals surface area (Å²) in [5.41, 5.74) is 0. The third-order valence-electron chi connectivity index (χ3n) is 2.47. The highest BCUT2D eigenvalue weighted by Gasteiger charge is 2.08. The van der Waals surface area contributed by atoms with Gasteiger partial charge in [-0.05, 0) is 39.7 Å². The van der Waals surface area contributed by atoms with E-state index in [2.05, 4.69) is 5.32 Å². The summed E-state index contributed by atoms with van der Waals surface area (Å²) < 4.78 is 0. The maximum Gasteiger partial charge on any atom is 0.252 e. The number of unbranched alkanes of at least 4 members (excludes halogenated alkanes) is 2. The smallest absolute Gasteiger partial charge is 0.252 e. The van der Waals surface area contributed by atoms with E-state index in [1.807, 2.05) is 13.8 Å². The quantitative estimate of drug-likeness (QED) is 0.392. The number of amides is 3. The molecule has 0 rings (SSSR count). The predicted octanol–water partition coefficient (Wildman–Crippen LogP) is 1.63. The first-order valence-electron chi connectivity index (χ1n) is 6.69. The van der Waals surface area contributed by atoms with Crippen LogP contribution in [0, 0.1) is 0 Å². The summed E-state index contributed by atoms with van der Waals surface area (Å²) in [6, 6.07) is 0.163. The third kappa shape index (κ3) is 8.99. The molecular formula is C14H24N2O3. The summed E-state index contributed by atoms with van der Waals surface area (Å²) in [6.45, 7) is 5.98. The molecule has 0 spiro atoms. The summed E-state index contributed by atoms with van der Waals surface area (Å²) in [6.07, 6.45) is 6.31. The molecule has 0 saturated heterocycles. The largest absolute Gasteiger partial charge is 0.354 e. The molecule has 1 N–H and O–H groups in total. The van der Waals surface area contributed by atoms with Crippen LogP contribution in [0.15, 0.2) is 12.2 Å². The van der Waals surface area contributed by atoms with Crippen LogP contribution in [-0.4, -0.2) is 35.7 Å². The zero-order valence-electron chi connectivity index (χ0n) is 12.0. The van der Waals surface area contributed by atoms with Gasteiger partial charge in [0.2, 0.25) is 12.3 Å². The van der Waals surface area contributed by atoms with Crippen LogP contribution >= 0.6 is 0 Å². The van der Waals surface area contributed by atoms with Gasteiger partial charge in [-0.3, -0.25) is 19.3 Å². The van der Waals surface area contributed by atoms with Gasteiger partial charge in [0, 0.05) is 19.0 Å². The molecule has 0 radical (unpaired) electrons. The first-order chi connectivity index (χ1) is 9.01. The van der Waals surface area contributed by atoms with Crippen LogP contribution < -0.4 is 5.32 Å². The average Bonchev–Trinajstić information content (AvgIpc) is 2.33. The monoisotopic (exact) mass is 268 g/mol. The summed E-state index contributed by atoms with van der Waals surface area (Å²) in [7, 11) is 0. The summed E-state index contributed by atoms with van der Waals surface area (Å²) in [4.78, 5) is 34.6. The van der Waals surface area contributed by atoms with Crippen LogP contribution in [0.5, 0.6) is 0 Å². The van der Waals surface area contributed by atoms with E-state index in [1.54, 1.807) is 13.0 Å². The van der Waals surface area contributed by atoms with Crippen LogP contribution in [0.4, 0.5) is 0 Å². The number of carbonyl (C=O) groups excluding carboxylic acids is 3. The van der Waals surface area contributed by atoms with Crippen LogP contribution in [0.25, 0.3) is 0 Å². The summed E-state index contributed by atoms with van der Waals surface area (Å²) in [5.74, 6) is -0.248. The number of imide groups is 1. The molecule has 0 unspecified atom stereocenters. The Hall–Kier alpha value is -1.65. The maximum atomic E-state index is 11.4. The molecule has 19 heavy (non-hydrogen) atoms. The van der Waals surface area contributed by atoms with Gasteiger partial charge < -0.3 is 5.32 Å². The third-order valence-corrected chi connectivity index (χ3v) is 2.47. The Morgan fingerprint density at radius 2 is 1.89 bits per heavy atom. The van der Waals surface area contributed by atoms with Crippen molar-refractivity contribution in [3.8, 4) is 0 Å². The molecule has 0 aliphatic heterocycles. The minimum absolute atomic E-state index is 0.0484. The second-order valence-electron chi connectivity index (χ2n) is 4.67. The van der Waals surface area contributed by atoms with E-state index in [-0.39, 0.29) is 17.9 Å². The second kappa shape index (κ2) is 10.3. The molecule has 5 heteroatoms. The van der Waals surface area contributed by atoms with E-state index >= 15 is 0 Å². The lowest BCUT2D eigenvalue weighted by Gasteiger charge is -2.13. The fourth-order valence-corrected chi connectivity index (χ4v) is 1.59. The molecule has 0 aromatic carbocycles. The highest BCUT2D eigenvalue weighted by Crippen LogP contribution is 2.02. The fraction of sp³-hybridized carbons (Fsp3) is 0.643. The molecule has 0 aromatic heterocycles. The van der Waals surface area contributed by atoms with Crippen molar-refractivity contribution >= 4 is 18.2 Å². The van der Waals surface area contributed by atoms with Crippen LogP contribution in [-0.2, 0) is 14.4 Å². The molecule has 0 aromatic rings. The normalized spacial score (nSPS) is 10.7. The molecule has 0 heterocycles. The number of nitrogens with one attached hydrogen (secondary N) is 1. The molecule has 3 amide bonds. The Kier molecular flexibility index (Phi) is 9.40. The lowest BCUT2D eigenvalue weighted by molar-refractivity contribution is -0.134. The first kappa shape index (κ1) is 17.4. The highest BCUT2D eigenvalue weighted by atomic mass is 16.2. The predicted molar refractivity (Wildman–Crippen MR) is 74.3 cm³/mol. The second-order valence-corrected chi connectivity index (χ2v) is 4.67. The number of allylic oxidation sites excluding steroid dienone is 1. The molecule has 0 aliphatic rings. The van der Waals surface area contributed by atoms with Crippen molar-refractivity contribution in [1.82, 2.24) is 10.2 Å². The van der Waals surface area contributed by atoms with Crippen molar-refractivity contribution in [1.29, 1.82) is 0 Å². The van der Waals surface area contributed by atoms with E-state index in [1.165, 1.54) is 6.08 Å². The zero-order valence-corrected chi connectivity index (χ0v) is 12.0. The van der Waals surface area contributed by atoms with Crippen molar-refractivity contribution < 1.29 is 14.4 Å². The molecule has 0 fully saturated rings. The van der Waals surface area contributed by atoms with Crippen LogP contribution in [0.2, 0.25) is 0 Å². The van der Waals surface area contributed by atoms with Crippen molar-refractivity contribution in [3.63, 3.8) is 0 Å². The highest BCUT2D eigenvalue weighted by molar-refractivity contribution is 5.94. The minimum Gasteiger partial charge on any atom is -0.354 e. The van der Waals surface area contributed by atoms with Crippen molar-refractivity contribution in [3.05, 3.63) is 12.2 Å². The number of rotatable bonds is 9. The maximum absolute atomic E-state index is 11.4. The van der Waals surface area contributed by atoms with Crippen LogP contribution in [0.1, 0.15) is 46.5 Å². The van der Waals surface area contributed by atoms with Gasteiger partial charge in [0.15, 0.2) is 0 Å². The Morgan fingerprint density at radius 1 is 1.21 bits per heavy atom. The molecule has 0 atom stereocenters. The zero-order chi connectivity index (χ0) is 14.7. The lowest BCUT2D eigenvalue weighted by atomic mass is 10.1. The number of carbonyl (C=O) groups is 3. The number of nitrogens with zero attached hydrogens (tertiary/aromatic N) is 1. The molecule has 0 saturated carbocycles. The molecule has 108 valence electrons.